The van der Waals surface area contributed by atoms with Crippen LogP contribution in [0, 0.1) is 9.49 Å². The van der Waals surface area contributed by atoms with Crippen molar-refractivity contribution in [3.8, 4) is 0 Å². The minimum atomic E-state index is 0.124. The SMILES string of the molecule is CC(C)N(C(=O)/C=C/C1CCCCC1)c1ccc(C2CCCCC2)cc1I. The van der Waals surface area contributed by atoms with E-state index in [1.54, 1.807) is 0 Å². The molecule has 0 N–H and O–H groups in total. The van der Waals surface area contributed by atoms with Crippen molar-refractivity contribution in [3.05, 3.63) is 39.5 Å². The number of nitrogens with zero attached hydrogens (tertiary/aromatic N) is 1. The molecule has 0 heterocycles. The molecule has 1 aromatic carbocycles. The standard InChI is InChI=1S/C24H34INO/c1-18(2)26(24(27)16-13-19-9-5-3-6-10-19)23-15-14-21(17-22(23)25)20-11-7-4-8-12-20/h13-20H,3-12H2,1-2H3/b16-13+. The normalized spacial score (nSPS) is 19.7. The number of halogens is 1. The van der Waals surface area contributed by atoms with Crippen molar-refractivity contribution in [1.82, 2.24) is 0 Å². The first-order chi connectivity index (χ1) is 13.1. The largest absolute Gasteiger partial charge is 0.305 e. The molecule has 1 aromatic rings. The highest BCUT2D eigenvalue weighted by Crippen LogP contribution is 2.35. The Morgan fingerprint density at radius 2 is 1.67 bits per heavy atom. The molecule has 2 saturated carbocycles. The summed E-state index contributed by atoms with van der Waals surface area (Å²) in [4.78, 5) is 15.0. The zero-order chi connectivity index (χ0) is 19.2. The Bertz CT molecular complexity index is 654. The van der Waals surface area contributed by atoms with E-state index in [0.29, 0.717) is 11.8 Å². The lowest BCUT2D eigenvalue weighted by molar-refractivity contribution is -0.114. The summed E-state index contributed by atoms with van der Waals surface area (Å²) in [6.07, 6.45) is 17.1. The third kappa shape index (κ3) is 5.58. The lowest BCUT2D eigenvalue weighted by atomic mass is 9.84. The van der Waals surface area contributed by atoms with Crippen molar-refractivity contribution < 1.29 is 4.79 Å². The fraction of sp³-hybridized carbons (Fsp3) is 0.625. The van der Waals surface area contributed by atoms with Gasteiger partial charge in [0.25, 0.3) is 5.91 Å². The first-order valence-corrected chi connectivity index (χ1v) is 11.9. The van der Waals surface area contributed by atoms with E-state index in [-0.39, 0.29) is 11.9 Å². The van der Waals surface area contributed by atoms with Gasteiger partial charge in [0, 0.05) is 9.61 Å². The molecule has 0 bridgehead atoms. The molecule has 0 unspecified atom stereocenters. The maximum atomic E-state index is 13.0. The second-order valence-electron chi connectivity index (χ2n) is 8.60. The summed E-state index contributed by atoms with van der Waals surface area (Å²) in [7, 11) is 0. The van der Waals surface area contributed by atoms with E-state index in [9.17, 15) is 4.79 Å². The number of anilines is 1. The van der Waals surface area contributed by atoms with Gasteiger partial charge in [-0.15, -0.1) is 0 Å². The maximum Gasteiger partial charge on any atom is 0.250 e. The van der Waals surface area contributed by atoms with Crippen molar-refractivity contribution in [2.75, 3.05) is 4.90 Å². The maximum absolute atomic E-state index is 13.0. The van der Waals surface area contributed by atoms with Crippen molar-refractivity contribution in [2.45, 2.75) is 90.0 Å². The minimum Gasteiger partial charge on any atom is -0.305 e. The number of amides is 1. The molecule has 2 aliphatic rings. The Hall–Kier alpha value is -0.840. The molecule has 2 aliphatic carbocycles. The number of hydrogen-bond donors (Lipinski definition) is 0. The molecule has 0 spiro atoms. The van der Waals surface area contributed by atoms with Crippen molar-refractivity contribution in [3.63, 3.8) is 0 Å². The second kappa shape index (κ2) is 10.1. The number of carbonyl (C=O) groups excluding carboxylic acids is 1. The summed E-state index contributed by atoms with van der Waals surface area (Å²) >= 11 is 2.42. The zero-order valence-electron chi connectivity index (χ0n) is 16.9. The van der Waals surface area contributed by atoms with Crippen LogP contribution in [0.5, 0.6) is 0 Å². The van der Waals surface area contributed by atoms with Gasteiger partial charge in [0.05, 0.1) is 5.69 Å². The lowest BCUT2D eigenvalue weighted by Gasteiger charge is -2.28. The Labute approximate surface area is 178 Å². The van der Waals surface area contributed by atoms with Gasteiger partial charge < -0.3 is 4.90 Å². The molecule has 0 saturated heterocycles. The Morgan fingerprint density at radius 3 is 2.26 bits per heavy atom. The van der Waals surface area contributed by atoms with Gasteiger partial charge in [0.2, 0.25) is 0 Å². The smallest absolute Gasteiger partial charge is 0.250 e. The summed E-state index contributed by atoms with van der Waals surface area (Å²) < 4.78 is 1.20. The topological polar surface area (TPSA) is 20.3 Å². The minimum absolute atomic E-state index is 0.124. The van der Waals surface area contributed by atoms with Gasteiger partial charge in [-0.3, -0.25) is 4.79 Å². The van der Waals surface area contributed by atoms with E-state index in [1.165, 1.54) is 73.3 Å². The molecule has 3 heteroatoms. The fourth-order valence-corrected chi connectivity index (χ4v) is 5.48. The molecule has 0 aromatic heterocycles. The van der Waals surface area contributed by atoms with Gasteiger partial charge in [-0.2, -0.15) is 0 Å². The number of allylic oxidation sites excluding steroid dienone is 1. The van der Waals surface area contributed by atoms with Crippen LogP contribution in [0.4, 0.5) is 5.69 Å². The number of rotatable bonds is 5. The number of benzene rings is 1. The molecule has 148 valence electrons. The van der Waals surface area contributed by atoms with Crippen LogP contribution >= 0.6 is 22.6 Å². The molecule has 1 amide bonds. The molecule has 0 radical (unpaired) electrons. The monoisotopic (exact) mass is 479 g/mol. The highest BCUT2D eigenvalue weighted by molar-refractivity contribution is 14.1. The van der Waals surface area contributed by atoms with Crippen LogP contribution in [-0.2, 0) is 4.79 Å². The average Bonchev–Trinajstić information content (AvgIpc) is 2.69. The summed E-state index contributed by atoms with van der Waals surface area (Å²) in [5.41, 5.74) is 2.51. The van der Waals surface area contributed by atoms with Crippen molar-refractivity contribution >= 4 is 34.2 Å². The van der Waals surface area contributed by atoms with Gasteiger partial charge >= 0.3 is 0 Å². The lowest BCUT2D eigenvalue weighted by Crippen LogP contribution is -2.36. The average molecular weight is 479 g/mol. The van der Waals surface area contributed by atoms with Crippen molar-refractivity contribution in [2.24, 2.45) is 5.92 Å². The first-order valence-electron chi connectivity index (χ1n) is 10.9. The summed E-state index contributed by atoms with van der Waals surface area (Å²) in [6, 6.07) is 6.92. The van der Waals surface area contributed by atoms with Gasteiger partial charge in [-0.05, 0) is 97.7 Å². The van der Waals surface area contributed by atoms with Crippen LogP contribution < -0.4 is 4.90 Å². The van der Waals surface area contributed by atoms with Gasteiger partial charge in [0.15, 0.2) is 0 Å². The Balaban J connectivity index is 1.75. The predicted octanol–water partition coefficient (Wildman–Crippen LogP) is 7.22. The molecule has 0 aliphatic heterocycles. The van der Waals surface area contributed by atoms with E-state index in [4.69, 9.17) is 0 Å². The first kappa shape index (κ1) is 20.9. The van der Waals surface area contributed by atoms with Crippen LogP contribution in [0.25, 0.3) is 0 Å². The molecule has 27 heavy (non-hydrogen) atoms. The van der Waals surface area contributed by atoms with E-state index in [0.717, 1.165) is 5.69 Å². The predicted molar refractivity (Wildman–Crippen MR) is 123 cm³/mol. The van der Waals surface area contributed by atoms with E-state index >= 15 is 0 Å². The third-order valence-corrected chi connectivity index (χ3v) is 7.09. The number of hydrogen-bond acceptors (Lipinski definition) is 1. The van der Waals surface area contributed by atoms with Crippen LogP contribution in [0.15, 0.2) is 30.4 Å². The molecular weight excluding hydrogens is 445 g/mol. The van der Waals surface area contributed by atoms with Crippen LogP contribution in [0.3, 0.4) is 0 Å². The zero-order valence-corrected chi connectivity index (χ0v) is 19.1. The van der Waals surface area contributed by atoms with Gasteiger partial charge in [-0.25, -0.2) is 0 Å². The Morgan fingerprint density at radius 1 is 1.04 bits per heavy atom. The van der Waals surface area contributed by atoms with E-state index < -0.39 is 0 Å². The molecule has 2 fully saturated rings. The van der Waals surface area contributed by atoms with Crippen molar-refractivity contribution in [1.29, 1.82) is 0 Å². The highest BCUT2D eigenvalue weighted by Gasteiger charge is 2.22. The summed E-state index contributed by atoms with van der Waals surface area (Å²) in [5.74, 6) is 1.42. The molecular formula is C24H34INO. The number of carbonyl (C=O) groups is 1. The molecule has 3 rings (SSSR count). The van der Waals surface area contributed by atoms with Gasteiger partial charge in [0.1, 0.15) is 0 Å². The quantitative estimate of drug-likeness (QED) is 0.323. The third-order valence-electron chi connectivity index (χ3n) is 6.22. The van der Waals surface area contributed by atoms with Gasteiger partial charge in [-0.1, -0.05) is 50.7 Å². The highest BCUT2D eigenvalue weighted by atomic mass is 127. The molecule has 2 nitrogen and oxygen atoms in total. The fourth-order valence-electron chi connectivity index (χ4n) is 4.69. The van der Waals surface area contributed by atoms with Crippen LogP contribution in [0.2, 0.25) is 0 Å². The second-order valence-corrected chi connectivity index (χ2v) is 9.77. The van der Waals surface area contributed by atoms with E-state index in [1.807, 2.05) is 11.0 Å². The van der Waals surface area contributed by atoms with Crippen LogP contribution in [-0.4, -0.2) is 11.9 Å². The summed E-state index contributed by atoms with van der Waals surface area (Å²) in [5, 5.41) is 0. The van der Waals surface area contributed by atoms with E-state index in [2.05, 4.69) is 60.7 Å². The molecule has 0 atom stereocenters. The summed E-state index contributed by atoms with van der Waals surface area (Å²) in [6.45, 7) is 4.22. The van der Waals surface area contributed by atoms with Crippen LogP contribution in [0.1, 0.15) is 89.5 Å². The Kier molecular flexibility index (Phi) is 7.80.